The molecule has 0 bridgehead atoms. The lowest BCUT2D eigenvalue weighted by atomic mass is 10.2. The van der Waals surface area contributed by atoms with E-state index >= 15 is 0 Å². The molecule has 0 fully saturated rings. The first kappa shape index (κ1) is 16.1. The highest BCUT2D eigenvalue weighted by molar-refractivity contribution is 8.01. The molecule has 5 nitrogen and oxygen atoms in total. The Morgan fingerprint density at radius 3 is 3.05 bits per heavy atom. The molecule has 0 unspecified atom stereocenters. The molecule has 2 N–H and O–H groups in total. The van der Waals surface area contributed by atoms with Gasteiger partial charge in [0.2, 0.25) is 11.8 Å². The van der Waals surface area contributed by atoms with E-state index in [-0.39, 0.29) is 24.3 Å². The van der Waals surface area contributed by atoms with Crippen LogP contribution < -0.4 is 10.6 Å². The van der Waals surface area contributed by atoms with E-state index in [1.165, 1.54) is 11.8 Å². The second-order valence-corrected chi connectivity index (χ2v) is 6.55. The van der Waals surface area contributed by atoms with Crippen molar-refractivity contribution in [2.75, 3.05) is 19.0 Å². The summed E-state index contributed by atoms with van der Waals surface area (Å²) in [5.41, 5.74) is 0.696. The third-order valence-electron chi connectivity index (χ3n) is 2.96. The lowest BCUT2D eigenvalue weighted by molar-refractivity contribution is -0.124. The minimum Gasteiger partial charge on any atom is -0.383 e. The average Bonchev–Trinajstić information content (AvgIpc) is 2.40. The summed E-state index contributed by atoms with van der Waals surface area (Å²) in [6.07, 6.45) is 0.132. The molecule has 114 valence electrons. The zero-order valence-electron chi connectivity index (χ0n) is 11.8. The van der Waals surface area contributed by atoms with Crippen molar-refractivity contribution < 1.29 is 14.3 Å². The fourth-order valence-electron chi connectivity index (χ4n) is 2.05. The predicted octanol–water partition coefficient (Wildman–Crippen LogP) is 2.29. The number of amides is 2. The molecule has 1 aliphatic rings. The zero-order chi connectivity index (χ0) is 15.4. The molecule has 0 saturated carbocycles. The van der Waals surface area contributed by atoms with Crippen molar-refractivity contribution in [1.29, 1.82) is 0 Å². The number of rotatable bonds is 5. The highest BCUT2D eigenvalue weighted by Gasteiger charge is 2.29. The van der Waals surface area contributed by atoms with Gasteiger partial charge in [-0.3, -0.25) is 9.59 Å². The number of nitrogens with one attached hydrogen (secondary N) is 2. The number of halogens is 1. The number of ether oxygens (including phenoxy) is 1. The average molecular weight is 329 g/mol. The van der Waals surface area contributed by atoms with Crippen LogP contribution in [0.2, 0.25) is 5.02 Å². The number of methoxy groups -OCH3 is 1. The van der Waals surface area contributed by atoms with Crippen LogP contribution in [-0.4, -0.2) is 36.8 Å². The predicted molar refractivity (Wildman–Crippen MR) is 83.8 cm³/mol. The second kappa shape index (κ2) is 7.15. The summed E-state index contributed by atoms with van der Waals surface area (Å²) in [6, 6.07) is 5.24. The van der Waals surface area contributed by atoms with E-state index in [9.17, 15) is 9.59 Å². The fraction of sp³-hybridized carbons (Fsp3) is 0.429. The number of hydrogen-bond acceptors (Lipinski definition) is 4. The summed E-state index contributed by atoms with van der Waals surface area (Å²) in [5.74, 6) is -0.339. The highest BCUT2D eigenvalue weighted by atomic mass is 35.5. The highest BCUT2D eigenvalue weighted by Crippen LogP contribution is 2.38. The third-order valence-corrected chi connectivity index (χ3v) is 4.47. The Morgan fingerprint density at radius 2 is 2.33 bits per heavy atom. The molecule has 2 amide bonds. The number of carbonyl (C=O) groups excluding carboxylic acids is 2. The van der Waals surface area contributed by atoms with Crippen LogP contribution in [-0.2, 0) is 14.3 Å². The molecule has 2 atom stereocenters. The SMILES string of the molecule is COC[C@@H](C)NC(=O)C[C@H]1Sc2ccc(Cl)cc2NC1=O. The molecule has 0 radical (unpaired) electrons. The van der Waals surface area contributed by atoms with Crippen molar-refractivity contribution in [3.05, 3.63) is 23.2 Å². The molecule has 21 heavy (non-hydrogen) atoms. The van der Waals surface area contributed by atoms with Crippen molar-refractivity contribution in [3.63, 3.8) is 0 Å². The topological polar surface area (TPSA) is 67.4 Å². The van der Waals surface area contributed by atoms with Gasteiger partial charge in [-0.2, -0.15) is 0 Å². The van der Waals surface area contributed by atoms with Crippen molar-refractivity contribution in [2.24, 2.45) is 0 Å². The van der Waals surface area contributed by atoms with Crippen LogP contribution in [0.4, 0.5) is 5.69 Å². The van der Waals surface area contributed by atoms with E-state index in [2.05, 4.69) is 10.6 Å². The monoisotopic (exact) mass is 328 g/mol. The van der Waals surface area contributed by atoms with Gasteiger partial charge in [-0.15, -0.1) is 11.8 Å². The smallest absolute Gasteiger partial charge is 0.238 e. The van der Waals surface area contributed by atoms with Crippen LogP contribution in [0.5, 0.6) is 0 Å². The molecule has 7 heteroatoms. The summed E-state index contributed by atoms with van der Waals surface area (Å²) in [5, 5.41) is 5.72. The van der Waals surface area contributed by atoms with Crippen LogP contribution in [0.15, 0.2) is 23.1 Å². The number of carbonyl (C=O) groups is 2. The van der Waals surface area contributed by atoms with Gasteiger partial charge in [0.25, 0.3) is 0 Å². The fourth-order valence-corrected chi connectivity index (χ4v) is 3.31. The molecular weight excluding hydrogens is 312 g/mol. The maximum absolute atomic E-state index is 12.0. The number of anilines is 1. The molecule has 2 rings (SSSR count). The van der Waals surface area contributed by atoms with Crippen LogP contribution in [0.1, 0.15) is 13.3 Å². The molecule has 0 aliphatic carbocycles. The van der Waals surface area contributed by atoms with Gasteiger partial charge in [0, 0.05) is 29.5 Å². The van der Waals surface area contributed by atoms with Gasteiger partial charge in [-0.25, -0.2) is 0 Å². The number of benzene rings is 1. The molecule has 1 aromatic carbocycles. The molecule has 1 aliphatic heterocycles. The molecule has 0 spiro atoms. The van der Waals surface area contributed by atoms with E-state index in [0.717, 1.165) is 4.90 Å². The van der Waals surface area contributed by atoms with Crippen molar-refractivity contribution in [3.8, 4) is 0 Å². The Labute approximate surface area is 132 Å². The maximum Gasteiger partial charge on any atom is 0.238 e. The first-order valence-electron chi connectivity index (χ1n) is 6.55. The van der Waals surface area contributed by atoms with Crippen LogP contribution >= 0.6 is 23.4 Å². The van der Waals surface area contributed by atoms with E-state index in [0.29, 0.717) is 17.3 Å². The van der Waals surface area contributed by atoms with Gasteiger partial charge in [-0.05, 0) is 25.1 Å². The Balaban J connectivity index is 1.97. The molecule has 1 aromatic rings. The minimum absolute atomic E-state index is 0.0785. The summed E-state index contributed by atoms with van der Waals surface area (Å²) in [6.45, 7) is 2.30. The Bertz CT molecular complexity index is 553. The van der Waals surface area contributed by atoms with Gasteiger partial charge in [0.15, 0.2) is 0 Å². The summed E-state index contributed by atoms with van der Waals surface area (Å²) in [7, 11) is 1.58. The van der Waals surface area contributed by atoms with Gasteiger partial charge >= 0.3 is 0 Å². The van der Waals surface area contributed by atoms with Gasteiger partial charge in [0.1, 0.15) is 0 Å². The Hall–Kier alpha value is -1.24. The lowest BCUT2D eigenvalue weighted by Crippen LogP contribution is -2.39. The molecule has 0 saturated heterocycles. The van der Waals surface area contributed by atoms with Crippen molar-refractivity contribution >= 4 is 40.9 Å². The summed E-state index contributed by atoms with van der Waals surface area (Å²) in [4.78, 5) is 24.9. The van der Waals surface area contributed by atoms with Crippen LogP contribution in [0.3, 0.4) is 0 Å². The van der Waals surface area contributed by atoms with Crippen molar-refractivity contribution in [1.82, 2.24) is 5.32 Å². The number of fused-ring (bicyclic) bond motifs is 1. The molecule has 0 aromatic heterocycles. The standard InChI is InChI=1S/C14H17ClN2O3S/c1-8(7-20-2)16-13(18)6-12-14(19)17-10-5-9(15)3-4-11(10)21-12/h3-5,8,12H,6-7H2,1-2H3,(H,16,18)(H,17,19)/t8-,12-/m1/s1. The largest absolute Gasteiger partial charge is 0.383 e. The minimum atomic E-state index is -0.437. The first-order chi connectivity index (χ1) is 9.99. The second-order valence-electron chi connectivity index (χ2n) is 4.86. The van der Waals surface area contributed by atoms with Crippen molar-refractivity contribution in [2.45, 2.75) is 29.5 Å². The zero-order valence-corrected chi connectivity index (χ0v) is 13.4. The van der Waals surface area contributed by atoms with E-state index in [1.54, 1.807) is 19.2 Å². The van der Waals surface area contributed by atoms with E-state index < -0.39 is 5.25 Å². The Kier molecular flexibility index (Phi) is 5.50. The summed E-state index contributed by atoms with van der Waals surface area (Å²) >= 11 is 7.28. The van der Waals surface area contributed by atoms with Crippen LogP contribution in [0.25, 0.3) is 0 Å². The lowest BCUT2D eigenvalue weighted by Gasteiger charge is -2.24. The van der Waals surface area contributed by atoms with Gasteiger partial charge in [0.05, 0.1) is 17.5 Å². The quantitative estimate of drug-likeness (QED) is 0.870. The van der Waals surface area contributed by atoms with E-state index in [1.807, 2.05) is 13.0 Å². The Morgan fingerprint density at radius 1 is 1.57 bits per heavy atom. The maximum atomic E-state index is 12.0. The normalized spacial score (nSPS) is 18.6. The molecular formula is C14H17ClN2O3S. The number of hydrogen-bond donors (Lipinski definition) is 2. The summed E-state index contributed by atoms with van der Waals surface area (Å²) < 4.78 is 4.96. The molecule has 1 heterocycles. The number of thioether (sulfide) groups is 1. The van der Waals surface area contributed by atoms with E-state index in [4.69, 9.17) is 16.3 Å². The van der Waals surface area contributed by atoms with Gasteiger partial charge in [-0.1, -0.05) is 11.6 Å². The van der Waals surface area contributed by atoms with Gasteiger partial charge < -0.3 is 15.4 Å². The third kappa shape index (κ3) is 4.36. The first-order valence-corrected chi connectivity index (χ1v) is 7.80. The van der Waals surface area contributed by atoms with Crippen LogP contribution in [0, 0.1) is 0 Å².